The van der Waals surface area contributed by atoms with Crippen molar-refractivity contribution in [3.63, 3.8) is 0 Å². The number of hydrogen-bond donors (Lipinski definition) is 1. The lowest BCUT2D eigenvalue weighted by molar-refractivity contribution is -0.386. The van der Waals surface area contributed by atoms with Gasteiger partial charge >= 0.3 is 5.69 Å². The minimum atomic E-state index is -0.435. The van der Waals surface area contributed by atoms with Crippen molar-refractivity contribution in [3.8, 4) is 11.5 Å². The number of methoxy groups -OCH3 is 1. The Bertz CT molecular complexity index is 478. The zero-order valence-electron chi connectivity index (χ0n) is 11.8. The number of nitro benzene ring substituents is 1. The lowest BCUT2D eigenvalue weighted by atomic mass is 9.92. The molecular formula is C14H20N2O4. The van der Waals surface area contributed by atoms with Gasteiger partial charge in [0.1, 0.15) is 11.9 Å². The first kappa shape index (κ1) is 14.6. The number of benzene rings is 1. The van der Waals surface area contributed by atoms with Crippen molar-refractivity contribution in [2.45, 2.75) is 37.8 Å². The van der Waals surface area contributed by atoms with Crippen molar-refractivity contribution in [3.05, 3.63) is 28.3 Å². The molecule has 2 rings (SSSR count). The molecule has 0 aliphatic heterocycles. The number of ether oxygens (including phenoxy) is 2. The summed E-state index contributed by atoms with van der Waals surface area (Å²) in [5, 5.41) is 14.4. The first-order valence-electron chi connectivity index (χ1n) is 6.82. The van der Waals surface area contributed by atoms with E-state index in [0.29, 0.717) is 11.5 Å². The molecule has 1 fully saturated rings. The third kappa shape index (κ3) is 3.19. The van der Waals surface area contributed by atoms with Crippen LogP contribution in [0.4, 0.5) is 5.69 Å². The average Bonchev–Trinajstić information content (AvgIpc) is 2.48. The second kappa shape index (κ2) is 6.56. The Morgan fingerprint density at radius 1 is 1.35 bits per heavy atom. The van der Waals surface area contributed by atoms with Crippen LogP contribution in [-0.4, -0.2) is 31.2 Å². The number of nitrogens with one attached hydrogen (secondary N) is 1. The molecule has 0 saturated heterocycles. The summed E-state index contributed by atoms with van der Waals surface area (Å²) < 4.78 is 10.9. The fourth-order valence-corrected chi connectivity index (χ4v) is 2.60. The van der Waals surface area contributed by atoms with Crippen LogP contribution in [0.1, 0.15) is 25.7 Å². The van der Waals surface area contributed by atoms with Gasteiger partial charge in [0.2, 0.25) is 0 Å². The average molecular weight is 280 g/mol. The van der Waals surface area contributed by atoms with E-state index >= 15 is 0 Å². The van der Waals surface area contributed by atoms with Crippen molar-refractivity contribution in [1.29, 1.82) is 0 Å². The zero-order valence-corrected chi connectivity index (χ0v) is 11.8. The van der Waals surface area contributed by atoms with Gasteiger partial charge in [-0.2, -0.15) is 0 Å². The molecule has 1 saturated carbocycles. The molecule has 0 spiro atoms. The van der Waals surface area contributed by atoms with Crippen LogP contribution < -0.4 is 14.8 Å². The molecule has 0 aromatic heterocycles. The topological polar surface area (TPSA) is 73.6 Å². The van der Waals surface area contributed by atoms with E-state index in [1.54, 1.807) is 12.1 Å². The minimum Gasteiger partial charge on any atom is -0.496 e. The van der Waals surface area contributed by atoms with E-state index in [1.807, 2.05) is 7.05 Å². The molecule has 1 aromatic rings. The summed E-state index contributed by atoms with van der Waals surface area (Å²) in [7, 11) is 3.38. The predicted molar refractivity (Wildman–Crippen MR) is 75.4 cm³/mol. The van der Waals surface area contributed by atoms with Crippen LogP contribution in [-0.2, 0) is 0 Å². The highest BCUT2D eigenvalue weighted by molar-refractivity contribution is 5.51. The first-order valence-corrected chi connectivity index (χ1v) is 6.82. The fraction of sp³-hybridized carbons (Fsp3) is 0.571. The quantitative estimate of drug-likeness (QED) is 0.662. The van der Waals surface area contributed by atoms with E-state index in [2.05, 4.69) is 5.32 Å². The van der Waals surface area contributed by atoms with Crippen LogP contribution in [0.25, 0.3) is 0 Å². The molecule has 2 atom stereocenters. The maximum atomic E-state index is 11.1. The van der Waals surface area contributed by atoms with Crippen molar-refractivity contribution < 1.29 is 14.4 Å². The van der Waals surface area contributed by atoms with Gasteiger partial charge in [0.05, 0.1) is 18.1 Å². The standard InChI is InChI=1S/C14H20N2O4/c1-15-11-5-3-4-6-13(11)20-14-8-7-10(19-2)9-12(14)16(17)18/h7-9,11,13,15H,3-6H2,1-2H3. The van der Waals surface area contributed by atoms with Gasteiger partial charge in [0.15, 0.2) is 5.75 Å². The summed E-state index contributed by atoms with van der Waals surface area (Å²) in [6.45, 7) is 0. The second-order valence-electron chi connectivity index (χ2n) is 4.93. The van der Waals surface area contributed by atoms with Crippen molar-refractivity contribution >= 4 is 5.69 Å². The van der Waals surface area contributed by atoms with Gasteiger partial charge in [-0.25, -0.2) is 0 Å². The van der Waals surface area contributed by atoms with Crippen LogP contribution in [0, 0.1) is 10.1 Å². The molecule has 1 aliphatic carbocycles. The Balaban J connectivity index is 2.21. The van der Waals surface area contributed by atoms with E-state index in [0.717, 1.165) is 25.7 Å². The van der Waals surface area contributed by atoms with Gasteiger partial charge in [0, 0.05) is 6.04 Å². The summed E-state index contributed by atoms with van der Waals surface area (Å²) in [4.78, 5) is 10.7. The van der Waals surface area contributed by atoms with Crippen molar-refractivity contribution in [1.82, 2.24) is 5.32 Å². The molecule has 0 bridgehead atoms. The van der Waals surface area contributed by atoms with E-state index < -0.39 is 4.92 Å². The molecule has 1 N–H and O–H groups in total. The van der Waals surface area contributed by atoms with Gasteiger partial charge in [-0.15, -0.1) is 0 Å². The van der Waals surface area contributed by atoms with Gasteiger partial charge in [-0.1, -0.05) is 6.42 Å². The summed E-state index contributed by atoms with van der Waals surface area (Å²) >= 11 is 0. The van der Waals surface area contributed by atoms with Gasteiger partial charge < -0.3 is 14.8 Å². The Kier molecular flexibility index (Phi) is 4.79. The minimum absolute atomic E-state index is 0.0270. The zero-order chi connectivity index (χ0) is 14.5. The van der Waals surface area contributed by atoms with Crippen LogP contribution in [0.3, 0.4) is 0 Å². The molecule has 6 heteroatoms. The molecule has 0 amide bonds. The predicted octanol–water partition coefficient (Wildman–Crippen LogP) is 2.51. The Morgan fingerprint density at radius 2 is 2.10 bits per heavy atom. The molecule has 110 valence electrons. The van der Waals surface area contributed by atoms with Crippen LogP contribution in [0.2, 0.25) is 0 Å². The molecular weight excluding hydrogens is 260 g/mol. The molecule has 20 heavy (non-hydrogen) atoms. The van der Waals surface area contributed by atoms with Gasteiger partial charge in [0.25, 0.3) is 0 Å². The highest BCUT2D eigenvalue weighted by atomic mass is 16.6. The number of likely N-dealkylation sites (N-methyl/N-ethyl adjacent to an activating group) is 1. The maximum Gasteiger partial charge on any atom is 0.314 e. The molecule has 1 aliphatic rings. The summed E-state index contributed by atoms with van der Waals surface area (Å²) in [6.07, 6.45) is 4.17. The first-order chi connectivity index (χ1) is 9.65. The van der Waals surface area contributed by atoms with Crippen molar-refractivity contribution in [2.75, 3.05) is 14.2 Å². The third-order valence-electron chi connectivity index (χ3n) is 3.71. The highest BCUT2D eigenvalue weighted by Crippen LogP contribution is 2.33. The third-order valence-corrected chi connectivity index (χ3v) is 3.71. The Morgan fingerprint density at radius 3 is 2.75 bits per heavy atom. The molecule has 0 radical (unpaired) electrons. The molecule has 2 unspecified atom stereocenters. The van der Waals surface area contributed by atoms with Crippen LogP contribution in [0.5, 0.6) is 11.5 Å². The monoisotopic (exact) mass is 280 g/mol. The normalized spacial score (nSPS) is 22.3. The van der Waals surface area contributed by atoms with E-state index in [1.165, 1.54) is 13.2 Å². The number of rotatable bonds is 5. The molecule has 6 nitrogen and oxygen atoms in total. The smallest absolute Gasteiger partial charge is 0.314 e. The fourth-order valence-electron chi connectivity index (χ4n) is 2.60. The number of nitro groups is 1. The van der Waals surface area contributed by atoms with Crippen molar-refractivity contribution in [2.24, 2.45) is 0 Å². The van der Waals surface area contributed by atoms with E-state index in [4.69, 9.17) is 9.47 Å². The lowest BCUT2D eigenvalue weighted by Crippen LogP contribution is -2.43. The summed E-state index contributed by atoms with van der Waals surface area (Å²) in [6, 6.07) is 4.93. The largest absolute Gasteiger partial charge is 0.496 e. The summed E-state index contributed by atoms with van der Waals surface area (Å²) in [5.41, 5.74) is -0.0511. The number of hydrogen-bond acceptors (Lipinski definition) is 5. The van der Waals surface area contributed by atoms with E-state index in [-0.39, 0.29) is 17.8 Å². The van der Waals surface area contributed by atoms with Crippen LogP contribution >= 0.6 is 0 Å². The summed E-state index contributed by atoms with van der Waals surface area (Å²) in [5.74, 6) is 0.765. The molecule has 1 aromatic carbocycles. The maximum absolute atomic E-state index is 11.1. The van der Waals surface area contributed by atoms with Gasteiger partial charge in [-0.3, -0.25) is 10.1 Å². The van der Waals surface area contributed by atoms with Crippen LogP contribution in [0.15, 0.2) is 18.2 Å². The Hall–Kier alpha value is -1.82. The van der Waals surface area contributed by atoms with E-state index in [9.17, 15) is 10.1 Å². The SMILES string of the molecule is CNC1CCCCC1Oc1ccc(OC)cc1[N+](=O)[O-]. The Labute approximate surface area is 118 Å². The highest BCUT2D eigenvalue weighted by Gasteiger charge is 2.28. The molecule has 0 heterocycles. The van der Waals surface area contributed by atoms with Gasteiger partial charge in [-0.05, 0) is 38.4 Å². The second-order valence-corrected chi connectivity index (χ2v) is 4.93. The lowest BCUT2D eigenvalue weighted by Gasteiger charge is -2.31. The number of nitrogens with zero attached hydrogens (tertiary/aromatic N) is 1.